The Balaban J connectivity index is 2.64. The van der Waals surface area contributed by atoms with Gasteiger partial charge < -0.3 is 9.30 Å². The molecule has 1 heterocycles. The normalized spacial score (nSPS) is 12.0. The van der Waals surface area contributed by atoms with Crippen molar-refractivity contribution < 1.29 is 9.53 Å². The number of rotatable bonds is 3. The number of hydrogen-bond acceptors (Lipinski definition) is 3. The smallest absolute Gasteiger partial charge is 0.331 e. The third kappa shape index (κ3) is 3.88. The summed E-state index contributed by atoms with van der Waals surface area (Å²) in [5.74, 6) is -0.337. The number of hydrogen-bond donors (Lipinski definition) is 0. The summed E-state index contributed by atoms with van der Waals surface area (Å²) in [6.45, 7) is 8.37. The summed E-state index contributed by atoms with van der Waals surface area (Å²) in [5.41, 5.74) is 0.445. The Morgan fingerprint density at radius 1 is 1.56 bits per heavy atom. The second-order valence-electron chi connectivity index (χ2n) is 4.47. The van der Waals surface area contributed by atoms with Crippen LogP contribution < -0.4 is 0 Å². The lowest BCUT2D eigenvalue weighted by molar-refractivity contribution is -0.148. The van der Waals surface area contributed by atoms with Crippen LogP contribution >= 0.6 is 0 Å². The van der Waals surface area contributed by atoms with Crippen molar-refractivity contribution >= 4 is 12.0 Å². The molecule has 0 aliphatic rings. The molecule has 0 atom stereocenters. The highest BCUT2D eigenvalue weighted by Crippen LogP contribution is 2.08. The van der Waals surface area contributed by atoms with Crippen LogP contribution in [0.4, 0.5) is 0 Å². The first-order valence-corrected chi connectivity index (χ1v) is 5.33. The Labute approximate surface area is 95.9 Å². The fourth-order valence-electron chi connectivity index (χ4n) is 1.22. The van der Waals surface area contributed by atoms with Gasteiger partial charge in [0.2, 0.25) is 0 Å². The van der Waals surface area contributed by atoms with Gasteiger partial charge in [0, 0.05) is 12.6 Å². The first-order chi connectivity index (χ1) is 7.42. The number of nitrogens with zero attached hydrogens (tertiary/aromatic N) is 2. The van der Waals surface area contributed by atoms with Gasteiger partial charge in [-0.25, -0.2) is 9.78 Å². The van der Waals surface area contributed by atoms with E-state index in [9.17, 15) is 4.79 Å². The van der Waals surface area contributed by atoms with Crippen molar-refractivity contribution in [2.45, 2.75) is 39.8 Å². The van der Waals surface area contributed by atoms with E-state index < -0.39 is 5.60 Å². The fraction of sp³-hybridized carbons (Fsp3) is 0.500. The summed E-state index contributed by atoms with van der Waals surface area (Å²) in [5, 5.41) is 0. The highest BCUT2D eigenvalue weighted by molar-refractivity contribution is 5.86. The molecule has 0 aliphatic carbocycles. The van der Waals surface area contributed by atoms with Gasteiger partial charge in [0.15, 0.2) is 0 Å². The molecule has 0 amide bonds. The lowest BCUT2D eigenvalue weighted by Crippen LogP contribution is -2.22. The lowest BCUT2D eigenvalue weighted by Gasteiger charge is -2.17. The summed E-state index contributed by atoms with van der Waals surface area (Å²) in [4.78, 5) is 15.4. The SMILES string of the molecule is CCn1cncc1/C=C/C(=O)OC(C)(C)C. The van der Waals surface area contributed by atoms with Gasteiger partial charge in [-0.15, -0.1) is 0 Å². The predicted molar refractivity (Wildman–Crippen MR) is 62.8 cm³/mol. The largest absolute Gasteiger partial charge is 0.457 e. The molecule has 1 rings (SSSR count). The molecule has 0 aromatic carbocycles. The monoisotopic (exact) mass is 222 g/mol. The summed E-state index contributed by atoms with van der Waals surface area (Å²) in [7, 11) is 0. The maximum atomic E-state index is 11.4. The van der Waals surface area contributed by atoms with E-state index in [1.807, 2.05) is 32.3 Å². The van der Waals surface area contributed by atoms with Crippen LogP contribution in [-0.2, 0) is 16.1 Å². The Kier molecular flexibility index (Phi) is 3.88. The minimum Gasteiger partial charge on any atom is -0.457 e. The molecule has 4 heteroatoms. The molecule has 0 radical (unpaired) electrons. The molecule has 88 valence electrons. The van der Waals surface area contributed by atoms with Gasteiger partial charge in [-0.05, 0) is 33.8 Å². The van der Waals surface area contributed by atoms with Gasteiger partial charge in [0.1, 0.15) is 5.60 Å². The number of aromatic nitrogens is 2. The van der Waals surface area contributed by atoms with Crippen LogP contribution in [0.2, 0.25) is 0 Å². The molecule has 0 N–H and O–H groups in total. The van der Waals surface area contributed by atoms with Gasteiger partial charge >= 0.3 is 5.97 Å². The highest BCUT2D eigenvalue weighted by atomic mass is 16.6. The van der Waals surface area contributed by atoms with Crippen LogP contribution in [-0.4, -0.2) is 21.1 Å². The van der Waals surface area contributed by atoms with Gasteiger partial charge in [-0.2, -0.15) is 0 Å². The third-order valence-corrected chi connectivity index (χ3v) is 1.88. The average molecular weight is 222 g/mol. The van der Waals surface area contributed by atoms with Crippen molar-refractivity contribution in [2.24, 2.45) is 0 Å². The first-order valence-electron chi connectivity index (χ1n) is 5.33. The summed E-state index contributed by atoms with van der Waals surface area (Å²) < 4.78 is 7.10. The number of ether oxygens (including phenoxy) is 1. The summed E-state index contributed by atoms with van der Waals surface area (Å²) in [6, 6.07) is 0. The van der Waals surface area contributed by atoms with Crippen LogP contribution in [0.3, 0.4) is 0 Å². The van der Waals surface area contributed by atoms with Gasteiger partial charge in [0.25, 0.3) is 0 Å². The van der Waals surface area contributed by atoms with Gasteiger partial charge in [-0.1, -0.05) is 0 Å². The molecular formula is C12H18N2O2. The molecule has 0 spiro atoms. The Hall–Kier alpha value is -1.58. The zero-order chi connectivity index (χ0) is 12.2. The summed E-state index contributed by atoms with van der Waals surface area (Å²) >= 11 is 0. The second kappa shape index (κ2) is 4.96. The molecule has 0 saturated carbocycles. The van der Waals surface area contributed by atoms with E-state index in [0.717, 1.165) is 12.2 Å². The van der Waals surface area contributed by atoms with E-state index in [1.54, 1.807) is 18.6 Å². The van der Waals surface area contributed by atoms with E-state index >= 15 is 0 Å². The average Bonchev–Trinajstić information content (AvgIpc) is 2.59. The minimum absolute atomic E-state index is 0.337. The second-order valence-corrected chi connectivity index (χ2v) is 4.47. The minimum atomic E-state index is -0.452. The predicted octanol–water partition coefficient (Wildman–Crippen LogP) is 2.26. The highest BCUT2D eigenvalue weighted by Gasteiger charge is 2.13. The van der Waals surface area contributed by atoms with Crippen molar-refractivity contribution in [1.82, 2.24) is 9.55 Å². The van der Waals surface area contributed by atoms with E-state index in [0.29, 0.717) is 0 Å². The zero-order valence-corrected chi connectivity index (χ0v) is 10.2. The van der Waals surface area contributed by atoms with E-state index in [4.69, 9.17) is 4.74 Å². The van der Waals surface area contributed by atoms with Crippen LogP contribution in [0, 0.1) is 0 Å². The lowest BCUT2D eigenvalue weighted by atomic mass is 10.2. The van der Waals surface area contributed by atoms with Crippen molar-refractivity contribution in [1.29, 1.82) is 0 Å². The fourth-order valence-corrected chi connectivity index (χ4v) is 1.22. The number of imidazole rings is 1. The van der Waals surface area contributed by atoms with E-state index in [1.165, 1.54) is 6.08 Å². The number of carbonyl (C=O) groups excluding carboxylic acids is 1. The summed E-state index contributed by atoms with van der Waals surface area (Å²) in [6.07, 6.45) is 6.58. The number of aryl methyl sites for hydroxylation is 1. The number of carbonyl (C=O) groups is 1. The topological polar surface area (TPSA) is 44.1 Å². The van der Waals surface area contributed by atoms with Crippen molar-refractivity contribution in [3.63, 3.8) is 0 Å². The van der Waals surface area contributed by atoms with E-state index in [2.05, 4.69) is 4.98 Å². The van der Waals surface area contributed by atoms with Gasteiger partial charge in [0.05, 0.1) is 18.2 Å². The van der Waals surface area contributed by atoms with Crippen LogP contribution in [0.5, 0.6) is 0 Å². The maximum absolute atomic E-state index is 11.4. The molecule has 0 aliphatic heterocycles. The molecule has 16 heavy (non-hydrogen) atoms. The Morgan fingerprint density at radius 2 is 2.25 bits per heavy atom. The first kappa shape index (κ1) is 12.5. The zero-order valence-electron chi connectivity index (χ0n) is 10.2. The molecule has 0 bridgehead atoms. The van der Waals surface area contributed by atoms with Crippen LogP contribution in [0.1, 0.15) is 33.4 Å². The van der Waals surface area contributed by atoms with Crippen molar-refractivity contribution in [2.75, 3.05) is 0 Å². The number of esters is 1. The van der Waals surface area contributed by atoms with Crippen LogP contribution in [0.15, 0.2) is 18.6 Å². The molecule has 0 saturated heterocycles. The third-order valence-electron chi connectivity index (χ3n) is 1.88. The van der Waals surface area contributed by atoms with Crippen molar-refractivity contribution in [3.8, 4) is 0 Å². The van der Waals surface area contributed by atoms with Crippen molar-refractivity contribution in [3.05, 3.63) is 24.3 Å². The molecular weight excluding hydrogens is 204 g/mol. The van der Waals surface area contributed by atoms with Crippen LogP contribution in [0.25, 0.3) is 6.08 Å². The van der Waals surface area contributed by atoms with E-state index in [-0.39, 0.29) is 5.97 Å². The molecule has 0 unspecified atom stereocenters. The molecule has 0 fully saturated rings. The molecule has 1 aromatic rings. The standard InChI is InChI=1S/C12H18N2O2/c1-5-14-9-13-8-10(14)6-7-11(15)16-12(2,3)4/h6-9H,5H2,1-4H3/b7-6+. The maximum Gasteiger partial charge on any atom is 0.331 e. The Bertz CT molecular complexity index is 386. The van der Waals surface area contributed by atoms with Gasteiger partial charge in [-0.3, -0.25) is 0 Å². The Morgan fingerprint density at radius 3 is 2.81 bits per heavy atom. The molecule has 1 aromatic heterocycles. The quantitative estimate of drug-likeness (QED) is 0.582. The molecule has 4 nitrogen and oxygen atoms in total.